The minimum atomic E-state index is -0.854. The summed E-state index contributed by atoms with van der Waals surface area (Å²) < 4.78 is 0. The fraction of sp³-hybridized carbons (Fsp3) is 0.800. The SMILES string of the molecule is CC(C)[C@]1(O)C=C2C(=O)C[C@H]3[C@](C)(CCC[C@]3(C)C=O)[C@H]2CC1. The summed E-state index contributed by atoms with van der Waals surface area (Å²) in [5.74, 6) is 0.612. The van der Waals surface area contributed by atoms with Gasteiger partial charge in [0, 0.05) is 11.8 Å². The van der Waals surface area contributed by atoms with Crippen LogP contribution in [-0.2, 0) is 9.59 Å². The number of ketones is 1. The number of hydrogen-bond acceptors (Lipinski definition) is 3. The maximum absolute atomic E-state index is 12.8. The maximum Gasteiger partial charge on any atom is 0.159 e. The highest BCUT2D eigenvalue weighted by molar-refractivity contribution is 5.98. The molecule has 3 rings (SSSR count). The molecule has 23 heavy (non-hydrogen) atoms. The first-order chi connectivity index (χ1) is 10.7. The number of aliphatic hydroxyl groups is 1. The minimum Gasteiger partial charge on any atom is -0.386 e. The fourth-order valence-corrected chi connectivity index (χ4v) is 5.67. The Morgan fingerprint density at radius 2 is 1.96 bits per heavy atom. The van der Waals surface area contributed by atoms with Crippen molar-refractivity contribution in [3.8, 4) is 0 Å². The highest BCUT2D eigenvalue weighted by atomic mass is 16.3. The predicted molar refractivity (Wildman–Crippen MR) is 89.8 cm³/mol. The summed E-state index contributed by atoms with van der Waals surface area (Å²) in [6.07, 6.45) is 8.03. The Kier molecular flexibility index (Phi) is 3.87. The van der Waals surface area contributed by atoms with Crippen LogP contribution in [0, 0.1) is 28.6 Å². The average Bonchev–Trinajstić information content (AvgIpc) is 2.50. The second-order valence-electron chi connectivity index (χ2n) is 9.00. The first-order valence-electron chi connectivity index (χ1n) is 9.11. The quantitative estimate of drug-likeness (QED) is 0.790. The van der Waals surface area contributed by atoms with Crippen molar-refractivity contribution in [1.29, 1.82) is 0 Å². The van der Waals surface area contributed by atoms with Crippen molar-refractivity contribution in [2.24, 2.45) is 28.6 Å². The monoisotopic (exact) mass is 318 g/mol. The molecule has 3 aliphatic carbocycles. The second kappa shape index (κ2) is 5.27. The summed E-state index contributed by atoms with van der Waals surface area (Å²) >= 11 is 0. The lowest BCUT2D eigenvalue weighted by Crippen LogP contribution is -2.55. The molecule has 0 bridgehead atoms. The zero-order chi connectivity index (χ0) is 17.0. The molecule has 5 atom stereocenters. The van der Waals surface area contributed by atoms with Crippen molar-refractivity contribution >= 4 is 12.1 Å². The van der Waals surface area contributed by atoms with Gasteiger partial charge in [0.15, 0.2) is 5.78 Å². The van der Waals surface area contributed by atoms with Gasteiger partial charge in [-0.1, -0.05) is 34.1 Å². The van der Waals surface area contributed by atoms with Gasteiger partial charge in [-0.05, 0) is 60.5 Å². The number of carbonyl (C=O) groups excluding carboxylic acids is 2. The normalized spacial score (nSPS) is 46.9. The van der Waals surface area contributed by atoms with Gasteiger partial charge >= 0.3 is 0 Å². The van der Waals surface area contributed by atoms with Crippen molar-refractivity contribution in [2.75, 3.05) is 0 Å². The number of rotatable bonds is 2. The van der Waals surface area contributed by atoms with Crippen molar-refractivity contribution in [1.82, 2.24) is 0 Å². The minimum absolute atomic E-state index is 0.00592. The molecule has 0 unspecified atom stereocenters. The molecule has 0 spiro atoms. The van der Waals surface area contributed by atoms with E-state index in [2.05, 4.69) is 6.92 Å². The molecule has 0 aromatic carbocycles. The van der Waals surface area contributed by atoms with E-state index in [1.54, 1.807) is 0 Å². The number of carbonyl (C=O) groups is 2. The third-order valence-corrected chi connectivity index (χ3v) is 7.41. The fourth-order valence-electron chi connectivity index (χ4n) is 5.67. The van der Waals surface area contributed by atoms with Gasteiger partial charge in [-0.3, -0.25) is 4.79 Å². The highest BCUT2D eigenvalue weighted by Gasteiger charge is 2.58. The smallest absolute Gasteiger partial charge is 0.159 e. The molecule has 0 radical (unpaired) electrons. The van der Waals surface area contributed by atoms with Gasteiger partial charge < -0.3 is 9.90 Å². The summed E-state index contributed by atoms with van der Waals surface area (Å²) in [7, 11) is 0. The Morgan fingerprint density at radius 3 is 2.57 bits per heavy atom. The van der Waals surface area contributed by atoms with Crippen LogP contribution in [0.2, 0.25) is 0 Å². The van der Waals surface area contributed by atoms with E-state index in [1.807, 2.05) is 26.8 Å². The van der Waals surface area contributed by atoms with Gasteiger partial charge in [-0.2, -0.15) is 0 Å². The van der Waals surface area contributed by atoms with Crippen molar-refractivity contribution < 1.29 is 14.7 Å². The number of Topliss-reactive ketones (excluding diaryl/α,β-unsaturated/α-hetero) is 1. The van der Waals surface area contributed by atoms with E-state index in [0.717, 1.165) is 37.5 Å². The Morgan fingerprint density at radius 1 is 1.26 bits per heavy atom. The Labute approximate surface area is 139 Å². The third kappa shape index (κ3) is 2.34. The maximum atomic E-state index is 12.8. The Balaban J connectivity index is 2.04. The zero-order valence-electron chi connectivity index (χ0n) is 14.9. The average molecular weight is 318 g/mol. The molecule has 2 saturated carbocycles. The topological polar surface area (TPSA) is 54.4 Å². The second-order valence-corrected chi connectivity index (χ2v) is 9.00. The molecule has 0 heterocycles. The van der Waals surface area contributed by atoms with Crippen LogP contribution < -0.4 is 0 Å². The summed E-state index contributed by atoms with van der Waals surface area (Å²) in [5.41, 5.74) is -0.374. The highest BCUT2D eigenvalue weighted by Crippen LogP contribution is 2.62. The van der Waals surface area contributed by atoms with Crippen LogP contribution in [0.5, 0.6) is 0 Å². The van der Waals surface area contributed by atoms with Gasteiger partial charge in [-0.25, -0.2) is 0 Å². The first kappa shape index (κ1) is 16.9. The van der Waals surface area contributed by atoms with E-state index in [-0.39, 0.29) is 34.4 Å². The van der Waals surface area contributed by atoms with E-state index in [1.165, 1.54) is 0 Å². The Hall–Kier alpha value is -0.960. The van der Waals surface area contributed by atoms with Crippen LogP contribution in [-0.4, -0.2) is 22.8 Å². The molecule has 128 valence electrons. The van der Waals surface area contributed by atoms with E-state index < -0.39 is 5.60 Å². The van der Waals surface area contributed by atoms with Crippen LogP contribution in [0.25, 0.3) is 0 Å². The van der Waals surface area contributed by atoms with E-state index in [0.29, 0.717) is 12.8 Å². The van der Waals surface area contributed by atoms with Crippen LogP contribution >= 0.6 is 0 Å². The molecular weight excluding hydrogens is 288 g/mol. The van der Waals surface area contributed by atoms with Crippen LogP contribution in [0.3, 0.4) is 0 Å². The number of fused-ring (bicyclic) bond motifs is 3. The molecule has 0 aromatic heterocycles. The standard InChI is InChI=1S/C20H30O3/c1-13(2)20(23)9-6-15-14(11-20)16(22)10-17-18(3,12-21)7-5-8-19(15,17)4/h11-13,15,17,23H,5-10H2,1-4H3/t15-,17+,18+,19+,20+/m0/s1. The van der Waals surface area contributed by atoms with Gasteiger partial charge in [0.2, 0.25) is 0 Å². The lowest BCUT2D eigenvalue weighted by Gasteiger charge is -2.58. The molecular formula is C20H30O3. The molecule has 0 amide bonds. The van der Waals surface area contributed by atoms with Crippen molar-refractivity contribution in [2.45, 2.75) is 71.8 Å². The van der Waals surface area contributed by atoms with Crippen LogP contribution in [0.4, 0.5) is 0 Å². The van der Waals surface area contributed by atoms with Gasteiger partial charge in [-0.15, -0.1) is 0 Å². The van der Waals surface area contributed by atoms with E-state index in [9.17, 15) is 14.7 Å². The molecule has 3 heteroatoms. The first-order valence-corrected chi connectivity index (χ1v) is 9.11. The molecule has 0 saturated heterocycles. The third-order valence-electron chi connectivity index (χ3n) is 7.41. The number of allylic oxidation sites excluding steroid dienone is 1. The number of aldehydes is 1. The molecule has 3 aliphatic rings. The largest absolute Gasteiger partial charge is 0.386 e. The lowest BCUT2D eigenvalue weighted by atomic mass is 9.45. The zero-order valence-corrected chi connectivity index (χ0v) is 14.9. The van der Waals surface area contributed by atoms with Gasteiger partial charge in [0.1, 0.15) is 6.29 Å². The van der Waals surface area contributed by atoms with Crippen LogP contribution in [0.15, 0.2) is 11.6 Å². The molecule has 0 aromatic rings. The van der Waals surface area contributed by atoms with E-state index in [4.69, 9.17) is 0 Å². The summed E-state index contributed by atoms with van der Waals surface area (Å²) in [5, 5.41) is 10.8. The van der Waals surface area contributed by atoms with Gasteiger partial charge in [0.25, 0.3) is 0 Å². The lowest BCUT2D eigenvalue weighted by molar-refractivity contribution is -0.141. The van der Waals surface area contributed by atoms with Crippen molar-refractivity contribution in [3.05, 3.63) is 11.6 Å². The summed E-state index contributed by atoms with van der Waals surface area (Å²) in [6, 6.07) is 0. The Bertz CT molecular complexity index is 563. The van der Waals surface area contributed by atoms with E-state index >= 15 is 0 Å². The summed E-state index contributed by atoms with van der Waals surface area (Å²) in [6.45, 7) is 8.35. The summed E-state index contributed by atoms with van der Waals surface area (Å²) in [4.78, 5) is 24.6. The van der Waals surface area contributed by atoms with Gasteiger partial charge in [0.05, 0.1) is 5.60 Å². The molecule has 2 fully saturated rings. The molecule has 0 aliphatic heterocycles. The van der Waals surface area contributed by atoms with Crippen LogP contribution in [0.1, 0.15) is 66.2 Å². The van der Waals surface area contributed by atoms with Crippen molar-refractivity contribution in [3.63, 3.8) is 0 Å². The predicted octanol–water partition coefficient (Wildman–Crippen LogP) is 3.69. The number of hydrogen-bond donors (Lipinski definition) is 1. The molecule has 3 nitrogen and oxygen atoms in total. The molecule has 1 N–H and O–H groups in total.